The van der Waals surface area contributed by atoms with Gasteiger partial charge in [0.15, 0.2) is 0 Å². The van der Waals surface area contributed by atoms with E-state index < -0.39 is 0 Å². The molecule has 2 rings (SSSR count). The Morgan fingerprint density at radius 1 is 1.67 bits per heavy atom. The van der Waals surface area contributed by atoms with E-state index in [-0.39, 0.29) is 6.10 Å². The Hall–Kier alpha value is -0.380. The second-order valence-corrected chi connectivity index (χ2v) is 5.26. The van der Waals surface area contributed by atoms with Crippen LogP contribution in [0.2, 0.25) is 0 Å². The average Bonchev–Trinajstić information content (AvgIpc) is 2.78. The quantitative estimate of drug-likeness (QED) is 0.851. The van der Waals surface area contributed by atoms with Crippen molar-refractivity contribution in [2.45, 2.75) is 44.9 Å². The van der Waals surface area contributed by atoms with Gasteiger partial charge in [0.1, 0.15) is 0 Å². The SMILES string of the molecule is CC(O)CC1CCCN1Cc1ccsc1. The van der Waals surface area contributed by atoms with Crippen LogP contribution < -0.4 is 0 Å². The topological polar surface area (TPSA) is 23.5 Å². The Morgan fingerprint density at radius 3 is 3.20 bits per heavy atom. The molecule has 2 atom stereocenters. The first-order chi connectivity index (χ1) is 7.25. The molecule has 0 bridgehead atoms. The third kappa shape index (κ3) is 3.03. The van der Waals surface area contributed by atoms with E-state index in [0.717, 1.165) is 13.0 Å². The van der Waals surface area contributed by atoms with E-state index in [2.05, 4.69) is 21.7 Å². The van der Waals surface area contributed by atoms with Crippen LogP contribution in [-0.4, -0.2) is 28.7 Å². The molecular weight excluding hydrogens is 206 g/mol. The third-order valence-electron chi connectivity index (χ3n) is 3.08. The number of rotatable bonds is 4. The van der Waals surface area contributed by atoms with Gasteiger partial charge in [0, 0.05) is 12.6 Å². The molecule has 15 heavy (non-hydrogen) atoms. The second kappa shape index (κ2) is 5.10. The van der Waals surface area contributed by atoms with Crippen LogP contribution in [0.15, 0.2) is 16.8 Å². The van der Waals surface area contributed by atoms with Crippen LogP contribution in [0.3, 0.4) is 0 Å². The summed E-state index contributed by atoms with van der Waals surface area (Å²) in [6.07, 6.45) is 3.28. The van der Waals surface area contributed by atoms with Crippen molar-refractivity contribution in [1.29, 1.82) is 0 Å². The molecule has 0 amide bonds. The molecule has 0 aliphatic carbocycles. The highest BCUT2D eigenvalue weighted by atomic mass is 32.1. The van der Waals surface area contributed by atoms with E-state index in [9.17, 15) is 5.11 Å². The molecule has 1 saturated heterocycles. The fourth-order valence-electron chi connectivity index (χ4n) is 2.38. The number of hydrogen-bond donors (Lipinski definition) is 1. The molecule has 1 aliphatic heterocycles. The van der Waals surface area contributed by atoms with Gasteiger partial charge >= 0.3 is 0 Å². The van der Waals surface area contributed by atoms with Crippen LogP contribution in [-0.2, 0) is 6.54 Å². The van der Waals surface area contributed by atoms with E-state index in [1.807, 2.05) is 6.92 Å². The molecule has 2 heterocycles. The Morgan fingerprint density at radius 2 is 2.53 bits per heavy atom. The van der Waals surface area contributed by atoms with Crippen LogP contribution in [0.1, 0.15) is 31.7 Å². The minimum atomic E-state index is -0.168. The van der Waals surface area contributed by atoms with Crippen molar-refractivity contribution >= 4 is 11.3 Å². The number of nitrogens with zero attached hydrogens (tertiary/aromatic N) is 1. The molecule has 1 N–H and O–H groups in total. The summed E-state index contributed by atoms with van der Waals surface area (Å²) >= 11 is 1.76. The van der Waals surface area contributed by atoms with Gasteiger partial charge in [-0.2, -0.15) is 11.3 Å². The van der Waals surface area contributed by atoms with E-state index in [0.29, 0.717) is 6.04 Å². The van der Waals surface area contributed by atoms with Gasteiger partial charge in [-0.3, -0.25) is 4.90 Å². The number of thiophene rings is 1. The summed E-state index contributed by atoms with van der Waals surface area (Å²) in [5.74, 6) is 0. The molecule has 1 aliphatic rings. The summed E-state index contributed by atoms with van der Waals surface area (Å²) in [6, 6.07) is 2.78. The van der Waals surface area contributed by atoms with Crippen LogP contribution in [0.25, 0.3) is 0 Å². The summed E-state index contributed by atoms with van der Waals surface area (Å²) in [4.78, 5) is 2.51. The smallest absolute Gasteiger partial charge is 0.0527 e. The predicted molar refractivity (Wildman–Crippen MR) is 64.0 cm³/mol. The summed E-state index contributed by atoms with van der Waals surface area (Å²) in [7, 11) is 0. The van der Waals surface area contributed by atoms with Crippen LogP contribution >= 0.6 is 11.3 Å². The zero-order chi connectivity index (χ0) is 10.7. The third-order valence-corrected chi connectivity index (χ3v) is 3.81. The highest BCUT2D eigenvalue weighted by Gasteiger charge is 2.25. The Balaban J connectivity index is 1.90. The average molecular weight is 225 g/mol. The minimum absolute atomic E-state index is 0.168. The summed E-state index contributed by atoms with van der Waals surface area (Å²) in [6.45, 7) is 4.13. The molecule has 84 valence electrons. The van der Waals surface area contributed by atoms with Crippen molar-refractivity contribution in [2.24, 2.45) is 0 Å². The Bertz CT molecular complexity index is 284. The number of aliphatic hydroxyl groups excluding tert-OH is 1. The van der Waals surface area contributed by atoms with E-state index in [1.54, 1.807) is 11.3 Å². The fourth-order valence-corrected chi connectivity index (χ4v) is 3.04. The molecular formula is C12H19NOS. The maximum Gasteiger partial charge on any atom is 0.0527 e. The van der Waals surface area contributed by atoms with Gasteiger partial charge < -0.3 is 5.11 Å². The van der Waals surface area contributed by atoms with Crippen LogP contribution in [0.4, 0.5) is 0 Å². The first-order valence-corrected chi connectivity index (χ1v) is 6.63. The number of likely N-dealkylation sites (tertiary alicyclic amines) is 1. The van der Waals surface area contributed by atoms with Crippen LogP contribution in [0.5, 0.6) is 0 Å². The number of hydrogen-bond acceptors (Lipinski definition) is 3. The van der Waals surface area contributed by atoms with Gasteiger partial charge in [-0.05, 0) is 55.1 Å². The molecule has 0 spiro atoms. The van der Waals surface area contributed by atoms with Gasteiger partial charge in [-0.25, -0.2) is 0 Å². The molecule has 0 saturated carbocycles. The second-order valence-electron chi connectivity index (χ2n) is 4.48. The molecule has 1 aromatic rings. The van der Waals surface area contributed by atoms with Crippen molar-refractivity contribution in [2.75, 3.05) is 6.54 Å². The van der Waals surface area contributed by atoms with E-state index in [1.165, 1.54) is 24.9 Å². The van der Waals surface area contributed by atoms with Gasteiger partial charge in [-0.15, -0.1) is 0 Å². The molecule has 3 heteroatoms. The lowest BCUT2D eigenvalue weighted by molar-refractivity contribution is 0.131. The van der Waals surface area contributed by atoms with Crippen LogP contribution in [0, 0.1) is 0 Å². The number of aliphatic hydroxyl groups is 1. The summed E-state index contributed by atoms with van der Waals surface area (Å²) in [5, 5.41) is 13.8. The predicted octanol–water partition coefficient (Wildman–Crippen LogP) is 2.48. The molecule has 0 aromatic carbocycles. The zero-order valence-electron chi connectivity index (χ0n) is 9.22. The first-order valence-electron chi connectivity index (χ1n) is 5.69. The maximum absolute atomic E-state index is 9.43. The lowest BCUT2D eigenvalue weighted by Gasteiger charge is -2.24. The molecule has 1 fully saturated rings. The lowest BCUT2D eigenvalue weighted by Crippen LogP contribution is -2.31. The summed E-state index contributed by atoms with van der Waals surface area (Å²) < 4.78 is 0. The largest absolute Gasteiger partial charge is 0.393 e. The summed E-state index contributed by atoms with van der Waals surface area (Å²) in [5.41, 5.74) is 1.41. The molecule has 2 nitrogen and oxygen atoms in total. The maximum atomic E-state index is 9.43. The fraction of sp³-hybridized carbons (Fsp3) is 0.667. The van der Waals surface area contributed by atoms with Gasteiger partial charge in [0.2, 0.25) is 0 Å². The standard InChI is InChI=1S/C12H19NOS/c1-10(14)7-12-3-2-5-13(12)8-11-4-6-15-9-11/h4,6,9-10,12,14H,2-3,5,7-8H2,1H3. The monoisotopic (exact) mass is 225 g/mol. The van der Waals surface area contributed by atoms with Gasteiger partial charge in [-0.1, -0.05) is 0 Å². The minimum Gasteiger partial charge on any atom is -0.393 e. The van der Waals surface area contributed by atoms with Gasteiger partial charge in [0.25, 0.3) is 0 Å². The zero-order valence-corrected chi connectivity index (χ0v) is 10.0. The molecule has 2 unspecified atom stereocenters. The normalized spacial score (nSPS) is 24.5. The van der Waals surface area contributed by atoms with Crippen molar-refractivity contribution in [3.8, 4) is 0 Å². The van der Waals surface area contributed by atoms with Gasteiger partial charge in [0.05, 0.1) is 6.10 Å². The molecule has 0 radical (unpaired) electrons. The van der Waals surface area contributed by atoms with Crippen molar-refractivity contribution in [3.63, 3.8) is 0 Å². The van der Waals surface area contributed by atoms with E-state index >= 15 is 0 Å². The van der Waals surface area contributed by atoms with Crippen molar-refractivity contribution in [1.82, 2.24) is 4.90 Å². The molecule has 1 aromatic heterocycles. The Kier molecular flexibility index (Phi) is 3.78. The highest BCUT2D eigenvalue weighted by Crippen LogP contribution is 2.24. The van der Waals surface area contributed by atoms with Crippen molar-refractivity contribution < 1.29 is 5.11 Å². The van der Waals surface area contributed by atoms with E-state index in [4.69, 9.17) is 0 Å². The highest BCUT2D eigenvalue weighted by molar-refractivity contribution is 7.07. The first kappa shape index (κ1) is 11.1. The lowest BCUT2D eigenvalue weighted by atomic mass is 10.1. The Labute approximate surface area is 95.5 Å². The van der Waals surface area contributed by atoms with Crippen molar-refractivity contribution in [3.05, 3.63) is 22.4 Å².